The van der Waals surface area contributed by atoms with Gasteiger partial charge >= 0.3 is 0 Å². The van der Waals surface area contributed by atoms with Crippen molar-refractivity contribution in [3.63, 3.8) is 0 Å². The standard InChI is InChI=1S/C35H40N6O3S/c1-3-39-15-17-40(18-16-39)24-11-12-32(36-20-24)37-29-19-23(21-38(2)34(29)43)25-8-6-9-30(28(25)22-42)41-14-13-27-26-7-4-5-10-31(26)45-33(27)35(41)44/h6,8-9,11-12,19-21,42H,3-5,7,10,13-18,22H2,1-2H3,(H,36,37). The van der Waals surface area contributed by atoms with E-state index in [1.807, 2.05) is 47.5 Å². The number of rotatable bonds is 7. The summed E-state index contributed by atoms with van der Waals surface area (Å²) in [5.74, 6) is 0.608. The predicted octanol–water partition coefficient (Wildman–Crippen LogP) is 4.97. The number of hydrogen-bond donors (Lipinski definition) is 2. The lowest BCUT2D eigenvalue weighted by Gasteiger charge is -2.35. The minimum atomic E-state index is -0.232. The quantitative estimate of drug-likeness (QED) is 0.300. The number of aryl methyl sites for hydroxylation is 2. The zero-order valence-corrected chi connectivity index (χ0v) is 26.8. The molecule has 45 heavy (non-hydrogen) atoms. The molecule has 1 aromatic carbocycles. The van der Waals surface area contributed by atoms with E-state index in [9.17, 15) is 14.7 Å². The molecule has 2 aliphatic heterocycles. The molecule has 3 aliphatic rings. The van der Waals surface area contributed by atoms with Gasteiger partial charge in [-0.3, -0.25) is 9.59 Å². The number of thiophene rings is 1. The second-order valence-corrected chi connectivity index (χ2v) is 13.3. The van der Waals surface area contributed by atoms with Crippen molar-refractivity contribution < 1.29 is 9.90 Å². The maximum absolute atomic E-state index is 13.8. The average molecular weight is 625 g/mol. The van der Waals surface area contributed by atoms with Crippen LogP contribution in [0.2, 0.25) is 0 Å². The molecule has 1 saturated heterocycles. The van der Waals surface area contributed by atoms with Crippen molar-refractivity contribution in [1.29, 1.82) is 0 Å². The Kier molecular flexibility index (Phi) is 8.20. The van der Waals surface area contributed by atoms with Crippen molar-refractivity contribution >= 4 is 40.1 Å². The highest BCUT2D eigenvalue weighted by molar-refractivity contribution is 7.14. The van der Waals surface area contributed by atoms with Crippen molar-refractivity contribution in [3.05, 3.63) is 85.6 Å². The zero-order chi connectivity index (χ0) is 31.1. The van der Waals surface area contributed by atoms with Crippen molar-refractivity contribution in [1.82, 2.24) is 14.5 Å². The Labute approximate surface area is 267 Å². The van der Waals surface area contributed by atoms with Gasteiger partial charge in [0.1, 0.15) is 11.5 Å². The molecular weight excluding hydrogens is 584 g/mol. The van der Waals surface area contributed by atoms with Crippen molar-refractivity contribution in [3.8, 4) is 11.1 Å². The van der Waals surface area contributed by atoms with E-state index in [1.54, 1.807) is 29.1 Å². The number of aromatic nitrogens is 2. The molecule has 0 bridgehead atoms. The van der Waals surface area contributed by atoms with Crippen LogP contribution in [0.5, 0.6) is 0 Å². The fourth-order valence-electron chi connectivity index (χ4n) is 7.07. The largest absolute Gasteiger partial charge is 0.392 e. The summed E-state index contributed by atoms with van der Waals surface area (Å²) in [6, 6.07) is 11.5. The number of nitrogens with one attached hydrogen (secondary N) is 1. The molecule has 0 radical (unpaired) electrons. The highest BCUT2D eigenvalue weighted by Crippen LogP contribution is 2.40. The van der Waals surface area contributed by atoms with Gasteiger partial charge in [0.25, 0.3) is 11.5 Å². The zero-order valence-electron chi connectivity index (χ0n) is 26.0. The molecule has 1 fully saturated rings. The molecule has 0 spiro atoms. The van der Waals surface area contributed by atoms with Crippen LogP contribution in [0.1, 0.15) is 51.0 Å². The molecule has 4 aromatic rings. The molecule has 0 unspecified atom stereocenters. The van der Waals surface area contributed by atoms with Crippen LogP contribution in [0, 0.1) is 0 Å². The highest BCUT2D eigenvalue weighted by atomic mass is 32.1. The van der Waals surface area contributed by atoms with Gasteiger partial charge in [-0.15, -0.1) is 11.3 Å². The van der Waals surface area contributed by atoms with Gasteiger partial charge in [-0.1, -0.05) is 19.1 Å². The topological polar surface area (TPSA) is 93.9 Å². The number of likely N-dealkylation sites (N-methyl/N-ethyl adjacent to an activating group) is 1. The summed E-state index contributed by atoms with van der Waals surface area (Å²) in [5.41, 5.74) is 6.89. The van der Waals surface area contributed by atoms with Crippen LogP contribution in [-0.4, -0.2) is 64.7 Å². The first-order valence-corrected chi connectivity index (χ1v) is 16.9. The number of nitrogens with zero attached hydrogens (tertiary/aromatic N) is 5. The second-order valence-electron chi connectivity index (χ2n) is 12.2. The van der Waals surface area contributed by atoms with Gasteiger partial charge in [-0.05, 0) is 79.6 Å². The molecule has 0 saturated carbocycles. The van der Waals surface area contributed by atoms with E-state index in [-0.39, 0.29) is 18.1 Å². The Morgan fingerprint density at radius 3 is 2.56 bits per heavy atom. The number of anilines is 4. The van der Waals surface area contributed by atoms with Gasteiger partial charge in [0.15, 0.2) is 0 Å². The fourth-order valence-corrected chi connectivity index (χ4v) is 8.45. The molecular formula is C35H40N6O3S. The van der Waals surface area contributed by atoms with Crippen LogP contribution in [0.4, 0.5) is 22.9 Å². The predicted molar refractivity (Wildman–Crippen MR) is 181 cm³/mol. The minimum absolute atomic E-state index is 0.0204. The van der Waals surface area contributed by atoms with Gasteiger partial charge in [0.05, 0.1) is 29.1 Å². The summed E-state index contributed by atoms with van der Waals surface area (Å²) in [6.07, 6.45) is 8.99. The van der Waals surface area contributed by atoms with Crippen LogP contribution in [0.25, 0.3) is 11.1 Å². The third-order valence-electron chi connectivity index (χ3n) is 9.60. The molecule has 3 aromatic heterocycles. The van der Waals surface area contributed by atoms with Gasteiger partial charge < -0.3 is 29.7 Å². The highest BCUT2D eigenvalue weighted by Gasteiger charge is 2.33. The summed E-state index contributed by atoms with van der Waals surface area (Å²) in [5, 5.41) is 13.9. The number of carbonyl (C=O) groups is 1. The number of piperazine rings is 1. The van der Waals surface area contributed by atoms with E-state index in [2.05, 4.69) is 27.0 Å². The smallest absolute Gasteiger partial charge is 0.274 e. The van der Waals surface area contributed by atoms with Gasteiger partial charge in [-0.2, -0.15) is 0 Å². The van der Waals surface area contributed by atoms with Gasteiger partial charge in [0, 0.05) is 62.0 Å². The first-order valence-electron chi connectivity index (χ1n) is 16.0. The maximum atomic E-state index is 13.8. The van der Waals surface area contributed by atoms with Crippen LogP contribution in [0.3, 0.4) is 0 Å². The van der Waals surface area contributed by atoms with Crippen molar-refractivity contribution in [2.24, 2.45) is 7.05 Å². The van der Waals surface area contributed by atoms with E-state index in [0.29, 0.717) is 23.6 Å². The van der Waals surface area contributed by atoms with Crippen molar-refractivity contribution in [2.45, 2.75) is 45.6 Å². The lowest BCUT2D eigenvalue weighted by molar-refractivity contribution is 0.0984. The Morgan fingerprint density at radius 2 is 1.80 bits per heavy atom. The number of benzene rings is 1. The number of fused-ring (bicyclic) bond motifs is 3. The first kappa shape index (κ1) is 29.7. The molecule has 5 heterocycles. The molecule has 1 aliphatic carbocycles. The summed E-state index contributed by atoms with van der Waals surface area (Å²) >= 11 is 1.66. The molecule has 0 atom stereocenters. The van der Waals surface area contributed by atoms with Crippen LogP contribution in [0.15, 0.2) is 53.6 Å². The molecule has 234 valence electrons. The third-order valence-corrected chi connectivity index (χ3v) is 10.9. The van der Waals surface area contributed by atoms with E-state index < -0.39 is 0 Å². The Balaban J connectivity index is 1.16. The minimum Gasteiger partial charge on any atom is -0.392 e. The van der Waals surface area contributed by atoms with Crippen LogP contribution < -0.4 is 20.7 Å². The maximum Gasteiger partial charge on any atom is 0.274 e. The lowest BCUT2D eigenvalue weighted by Crippen LogP contribution is -2.46. The summed E-state index contributed by atoms with van der Waals surface area (Å²) < 4.78 is 1.54. The molecule has 2 N–H and O–H groups in total. The average Bonchev–Trinajstić information content (AvgIpc) is 3.47. The lowest BCUT2D eigenvalue weighted by atomic mass is 9.91. The van der Waals surface area contributed by atoms with E-state index in [1.165, 1.54) is 28.8 Å². The third kappa shape index (κ3) is 5.55. The van der Waals surface area contributed by atoms with E-state index >= 15 is 0 Å². The number of amides is 1. The Morgan fingerprint density at radius 1 is 0.978 bits per heavy atom. The summed E-state index contributed by atoms with van der Waals surface area (Å²) in [4.78, 5) is 40.5. The van der Waals surface area contributed by atoms with Crippen LogP contribution >= 0.6 is 11.3 Å². The summed E-state index contributed by atoms with van der Waals surface area (Å²) in [7, 11) is 1.72. The van der Waals surface area contributed by atoms with Gasteiger partial charge in [-0.25, -0.2) is 4.98 Å². The molecule has 10 heteroatoms. The first-order chi connectivity index (χ1) is 21.9. The number of aliphatic hydroxyl groups excluding tert-OH is 1. The summed E-state index contributed by atoms with van der Waals surface area (Å²) in [6.45, 7) is 7.64. The number of aliphatic hydroxyl groups is 1. The normalized spacial score (nSPS) is 16.9. The molecule has 9 nitrogen and oxygen atoms in total. The second kappa shape index (κ2) is 12.4. The van der Waals surface area contributed by atoms with Gasteiger partial charge in [0.2, 0.25) is 0 Å². The number of hydrogen-bond acceptors (Lipinski definition) is 8. The van der Waals surface area contributed by atoms with E-state index in [4.69, 9.17) is 0 Å². The van der Waals surface area contributed by atoms with Crippen LogP contribution in [-0.2, 0) is 32.9 Å². The number of carbonyl (C=O) groups excluding carboxylic acids is 1. The molecule has 1 amide bonds. The number of pyridine rings is 2. The fraction of sp³-hybridized carbons (Fsp3) is 0.400. The Hall–Kier alpha value is -3.99. The molecule has 7 rings (SSSR count). The Bertz CT molecular complexity index is 1790. The SMILES string of the molecule is CCN1CCN(c2ccc(Nc3cc(-c4cccc(N5CCc6c(sc7c6CCCC7)C5=O)c4CO)cn(C)c3=O)nc2)CC1. The van der Waals surface area contributed by atoms with E-state index in [0.717, 1.165) is 79.4 Å². The van der Waals surface area contributed by atoms with Crippen molar-refractivity contribution in [2.75, 3.05) is 54.4 Å². The monoisotopic (exact) mass is 624 g/mol.